The predicted molar refractivity (Wildman–Crippen MR) is 113 cm³/mol. The number of amides is 2. The van der Waals surface area contributed by atoms with Crippen LogP contribution >= 0.6 is 0 Å². The van der Waals surface area contributed by atoms with E-state index in [0.29, 0.717) is 11.1 Å². The Morgan fingerprint density at radius 1 is 1.10 bits per heavy atom. The Labute approximate surface area is 180 Å². The maximum absolute atomic E-state index is 13.0. The first kappa shape index (κ1) is 22.3. The number of hydrogen-bond donors (Lipinski definition) is 1. The molecular formula is C21H22N2O7S. The van der Waals surface area contributed by atoms with Crippen molar-refractivity contribution < 1.29 is 32.3 Å². The smallest absolute Gasteiger partial charge is 0.338 e. The number of aryl methyl sites for hydroxylation is 1. The predicted octanol–water partition coefficient (Wildman–Crippen LogP) is 2.63. The van der Waals surface area contributed by atoms with E-state index in [1.165, 1.54) is 43.5 Å². The molecule has 0 atom stereocenters. The van der Waals surface area contributed by atoms with E-state index in [1.54, 1.807) is 13.8 Å². The molecule has 0 spiro atoms. The third kappa shape index (κ3) is 4.53. The Balaban J connectivity index is 1.94. The van der Waals surface area contributed by atoms with Crippen LogP contribution in [0.4, 0.5) is 11.4 Å². The largest absolute Gasteiger partial charge is 0.495 e. The van der Waals surface area contributed by atoms with Gasteiger partial charge in [-0.1, -0.05) is 0 Å². The zero-order valence-corrected chi connectivity index (χ0v) is 18.1. The monoisotopic (exact) mass is 446 g/mol. The van der Waals surface area contributed by atoms with Gasteiger partial charge in [-0.3, -0.25) is 14.3 Å². The first-order chi connectivity index (χ1) is 14.7. The van der Waals surface area contributed by atoms with E-state index < -0.39 is 27.8 Å². The summed E-state index contributed by atoms with van der Waals surface area (Å²) in [6, 6.07) is 8.39. The molecule has 1 aliphatic rings. The molecule has 0 aromatic heterocycles. The molecule has 1 saturated heterocycles. The number of anilines is 2. The molecule has 2 aromatic carbocycles. The van der Waals surface area contributed by atoms with Crippen molar-refractivity contribution in [3.63, 3.8) is 0 Å². The van der Waals surface area contributed by atoms with Gasteiger partial charge in [0.05, 0.1) is 35.6 Å². The molecule has 2 amide bonds. The second kappa shape index (κ2) is 8.76. The fraction of sp³-hybridized carbons (Fsp3) is 0.286. The molecule has 0 aliphatic carbocycles. The molecule has 0 bridgehead atoms. The van der Waals surface area contributed by atoms with Crippen molar-refractivity contribution in [3.8, 4) is 5.75 Å². The average Bonchev–Trinajstić information content (AvgIpc) is 3.07. The van der Waals surface area contributed by atoms with Crippen LogP contribution in [0.15, 0.2) is 41.3 Å². The van der Waals surface area contributed by atoms with Gasteiger partial charge in [0.1, 0.15) is 5.75 Å². The number of imide groups is 1. The van der Waals surface area contributed by atoms with E-state index in [0.717, 1.165) is 4.90 Å². The molecule has 1 N–H and O–H groups in total. The van der Waals surface area contributed by atoms with Crippen molar-refractivity contribution in [1.82, 2.24) is 0 Å². The zero-order chi connectivity index (χ0) is 22.8. The molecule has 1 fully saturated rings. The molecule has 1 aliphatic heterocycles. The van der Waals surface area contributed by atoms with Gasteiger partial charge in [-0.05, 0) is 55.8 Å². The van der Waals surface area contributed by atoms with Crippen LogP contribution in [-0.4, -0.2) is 39.9 Å². The van der Waals surface area contributed by atoms with Crippen molar-refractivity contribution in [2.45, 2.75) is 31.6 Å². The number of nitrogens with one attached hydrogen (secondary N) is 1. The van der Waals surface area contributed by atoms with Crippen molar-refractivity contribution in [1.29, 1.82) is 0 Å². The lowest BCUT2D eigenvalue weighted by molar-refractivity contribution is -0.121. The van der Waals surface area contributed by atoms with Crippen LogP contribution in [0.25, 0.3) is 0 Å². The first-order valence-corrected chi connectivity index (χ1v) is 11.0. The van der Waals surface area contributed by atoms with Crippen LogP contribution < -0.4 is 14.4 Å². The summed E-state index contributed by atoms with van der Waals surface area (Å²) in [5.74, 6) is -1.13. The quantitative estimate of drug-likeness (QED) is 0.513. The highest BCUT2D eigenvalue weighted by Gasteiger charge is 2.33. The lowest BCUT2D eigenvalue weighted by atomic mass is 10.1. The van der Waals surface area contributed by atoms with Gasteiger partial charge in [-0.15, -0.1) is 0 Å². The van der Waals surface area contributed by atoms with E-state index in [-0.39, 0.29) is 41.5 Å². The molecule has 0 unspecified atom stereocenters. The molecule has 2 aromatic rings. The van der Waals surface area contributed by atoms with Crippen LogP contribution in [0.3, 0.4) is 0 Å². The van der Waals surface area contributed by atoms with Crippen LogP contribution in [-0.2, 0) is 24.3 Å². The molecule has 10 heteroatoms. The minimum atomic E-state index is -4.06. The van der Waals surface area contributed by atoms with Gasteiger partial charge in [-0.2, -0.15) is 0 Å². The highest BCUT2D eigenvalue weighted by molar-refractivity contribution is 7.92. The molecule has 0 radical (unpaired) electrons. The van der Waals surface area contributed by atoms with Gasteiger partial charge < -0.3 is 9.47 Å². The summed E-state index contributed by atoms with van der Waals surface area (Å²) in [4.78, 5) is 36.9. The Hall–Kier alpha value is -3.40. The number of benzene rings is 2. The fourth-order valence-electron chi connectivity index (χ4n) is 3.18. The summed E-state index contributed by atoms with van der Waals surface area (Å²) in [7, 11) is -2.70. The fourth-order valence-corrected chi connectivity index (χ4v) is 4.33. The highest BCUT2D eigenvalue weighted by Crippen LogP contribution is 2.35. The van der Waals surface area contributed by atoms with E-state index in [1.807, 2.05) is 0 Å². The van der Waals surface area contributed by atoms with Crippen molar-refractivity contribution in [2.24, 2.45) is 0 Å². The van der Waals surface area contributed by atoms with Crippen molar-refractivity contribution in [3.05, 3.63) is 47.5 Å². The Morgan fingerprint density at radius 3 is 2.35 bits per heavy atom. The summed E-state index contributed by atoms with van der Waals surface area (Å²) >= 11 is 0. The number of sulfonamides is 1. The molecule has 1 heterocycles. The maximum atomic E-state index is 13.0. The van der Waals surface area contributed by atoms with E-state index in [9.17, 15) is 22.8 Å². The number of ether oxygens (including phenoxy) is 2. The second-order valence-electron chi connectivity index (χ2n) is 6.81. The van der Waals surface area contributed by atoms with E-state index >= 15 is 0 Å². The standard InChI is InChI=1S/C21H22N2O7S/c1-4-30-21(26)14-5-7-16(13(2)11-14)22-31(27,28)15-6-8-18(29-3)17(12-15)23-19(24)9-10-20(23)25/h5-8,11-12,22H,4,9-10H2,1-3H3. The van der Waals surface area contributed by atoms with Crippen LogP contribution in [0, 0.1) is 6.92 Å². The Kier molecular flexibility index (Phi) is 6.30. The lowest BCUT2D eigenvalue weighted by Crippen LogP contribution is -2.29. The van der Waals surface area contributed by atoms with Gasteiger partial charge >= 0.3 is 5.97 Å². The highest BCUT2D eigenvalue weighted by atomic mass is 32.2. The van der Waals surface area contributed by atoms with Crippen LogP contribution in [0.2, 0.25) is 0 Å². The van der Waals surface area contributed by atoms with Gasteiger partial charge in [-0.25, -0.2) is 18.1 Å². The third-order valence-corrected chi connectivity index (χ3v) is 6.10. The molecule has 31 heavy (non-hydrogen) atoms. The summed E-state index contributed by atoms with van der Waals surface area (Å²) < 4.78 is 38.6. The molecular weight excluding hydrogens is 424 g/mol. The van der Waals surface area contributed by atoms with Gasteiger partial charge in [0, 0.05) is 12.8 Å². The SMILES string of the molecule is CCOC(=O)c1ccc(NS(=O)(=O)c2ccc(OC)c(N3C(=O)CCC3=O)c2)c(C)c1. The Morgan fingerprint density at radius 2 is 1.77 bits per heavy atom. The summed E-state index contributed by atoms with van der Waals surface area (Å²) in [6.45, 7) is 3.58. The average molecular weight is 446 g/mol. The van der Waals surface area contributed by atoms with E-state index in [4.69, 9.17) is 9.47 Å². The molecule has 3 rings (SSSR count). The van der Waals surface area contributed by atoms with E-state index in [2.05, 4.69) is 4.72 Å². The van der Waals surface area contributed by atoms with Gasteiger partial charge in [0.25, 0.3) is 10.0 Å². The first-order valence-electron chi connectivity index (χ1n) is 9.52. The van der Waals surface area contributed by atoms with Crippen LogP contribution in [0.1, 0.15) is 35.7 Å². The summed E-state index contributed by atoms with van der Waals surface area (Å²) in [6.07, 6.45) is 0.118. The minimum absolute atomic E-state index is 0.0588. The number of carbonyl (C=O) groups is 3. The number of rotatable bonds is 7. The number of nitrogens with zero attached hydrogens (tertiary/aromatic N) is 1. The van der Waals surface area contributed by atoms with Gasteiger partial charge in [0.15, 0.2) is 0 Å². The number of hydrogen-bond acceptors (Lipinski definition) is 7. The van der Waals surface area contributed by atoms with Crippen molar-refractivity contribution in [2.75, 3.05) is 23.3 Å². The number of carbonyl (C=O) groups excluding carboxylic acids is 3. The van der Waals surface area contributed by atoms with Crippen molar-refractivity contribution >= 4 is 39.2 Å². The maximum Gasteiger partial charge on any atom is 0.338 e. The molecule has 164 valence electrons. The minimum Gasteiger partial charge on any atom is -0.495 e. The van der Waals surface area contributed by atoms with Gasteiger partial charge in [0.2, 0.25) is 11.8 Å². The normalized spacial score (nSPS) is 14.0. The number of esters is 1. The second-order valence-corrected chi connectivity index (χ2v) is 8.49. The topological polar surface area (TPSA) is 119 Å². The lowest BCUT2D eigenvalue weighted by Gasteiger charge is -2.19. The van der Waals surface area contributed by atoms with Crippen LogP contribution in [0.5, 0.6) is 5.75 Å². The summed E-state index contributed by atoms with van der Waals surface area (Å²) in [5.41, 5.74) is 1.18. The summed E-state index contributed by atoms with van der Waals surface area (Å²) in [5, 5.41) is 0. The molecule has 0 saturated carbocycles. The number of methoxy groups -OCH3 is 1. The third-order valence-electron chi connectivity index (χ3n) is 4.73. The zero-order valence-electron chi connectivity index (χ0n) is 17.3. The molecule has 9 nitrogen and oxygen atoms in total. The Bertz CT molecular complexity index is 1140.